The molecule has 1 heterocycles. The predicted molar refractivity (Wildman–Crippen MR) is 116 cm³/mol. The Morgan fingerprint density at radius 1 is 1.04 bits per heavy atom. The monoisotopic (exact) mass is 402 g/mol. The molecule has 1 saturated heterocycles. The third-order valence-corrected chi connectivity index (χ3v) is 5.83. The standard InChI is InChI=1S/C23H31ClN2O2/c1-18-15-21(7-8-22(18)24)28-17-20-16-19(6-9-23(20)27-3)5-4-10-26-13-11-25(2)12-14-26/h6-9,15-16H,4-5,10-14,17H2,1-3H3. The summed E-state index contributed by atoms with van der Waals surface area (Å²) < 4.78 is 11.5. The molecule has 0 aliphatic carbocycles. The molecule has 0 radical (unpaired) electrons. The summed E-state index contributed by atoms with van der Waals surface area (Å²) in [6.45, 7) is 8.34. The Morgan fingerprint density at radius 3 is 2.54 bits per heavy atom. The van der Waals surface area contributed by atoms with Gasteiger partial charge in [0.2, 0.25) is 0 Å². The van der Waals surface area contributed by atoms with Gasteiger partial charge in [-0.05, 0) is 74.8 Å². The molecule has 0 bridgehead atoms. The fourth-order valence-corrected chi connectivity index (χ4v) is 3.66. The summed E-state index contributed by atoms with van der Waals surface area (Å²) >= 11 is 6.10. The van der Waals surface area contributed by atoms with E-state index in [2.05, 4.69) is 35.0 Å². The molecule has 1 aliphatic heterocycles. The summed E-state index contributed by atoms with van der Waals surface area (Å²) in [5.74, 6) is 1.69. The van der Waals surface area contributed by atoms with Gasteiger partial charge in [-0.25, -0.2) is 0 Å². The van der Waals surface area contributed by atoms with Crippen LogP contribution in [-0.4, -0.2) is 56.7 Å². The molecule has 152 valence electrons. The zero-order valence-corrected chi connectivity index (χ0v) is 18.0. The first-order valence-corrected chi connectivity index (χ1v) is 10.4. The normalized spacial score (nSPS) is 15.6. The van der Waals surface area contributed by atoms with Gasteiger partial charge in [0, 0.05) is 36.8 Å². The largest absolute Gasteiger partial charge is 0.496 e. The zero-order valence-electron chi connectivity index (χ0n) is 17.2. The lowest BCUT2D eigenvalue weighted by molar-refractivity contribution is 0.153. The highest BCUT2D eigenvalue weighted by Gasteiger charge is 2.13. The molecule has 4 nitrogen and oxygen atoms in total. The smallest absolute Gasteiger partial charge is 0.125 e. The average Bonchev–Trinajstić information content (AvgIpc) is 2.70. The van der Waals surface area contributed by atoms with Crippen molar-refractivity contribution in [2.24, 2.45) is 0 Å². The number of ether oxygens (including phenoxy) is 2. The zero-order chi connectivity index (χ0) is 19.9. The Hall–Kier alpha value is -1.75. The molecule has 2 aromatic rings. The highest BCUT2D eigenvalue weighted by atomic mass is 35.5. The molecule has 3 rings (SSSR count). The third kappa shape index (κ3) is 5.87. The summed E-state index contributed by atoms with van der Waals surface area (Å²) in [7, 11) is 3.90. The molecule has 2 aromatic carbocycles. The summed E-state index contributed by atoms with van der Waals surface area (Å²) in [5, 5.41) is 0.757. The molecular weight excluding hydrogens is 372 g/mol. The van der Waals surface area contributed by atoms with Gasteiger partial charge in [-0.3, -0.25) is 0 Å². The van der Waals surface area contributed by atoms with Gasteiger partial charge in [-0.1, -0.05) is 17.7 Å². The maximum atomic E-state index is 6.10. The van der Waals surface area contributed by atoms with Gasteiger partial charge >= 0.3 is 0 Å². The van der Waals surface area contributed by atoms with E-state index in [1.54, 1.807) is 7.11 Å². The molecule has 0 aromatic heterocycles. The van der Waals surface area contributed by atoms with Crippen molar-refractivity contribution in [3.05, 3.63) is 58.1 Å². The fraction of sp³-hybridized carbons (Fsp3) is 0.478. The summed E-state index contributed by atoms with van der Waals surface area (Å²) in [4.78, 5) is 4.96. The molecule has 1 aliphatic rings. The van der Waals surface area contributed by atoms with Gasteiger partial charge in [-0.2, -0.15) is 0 Å². The van der Waals surface area contributed by atoms with Crippen LogP contribution in [0.15, 0.2) is 36.4 Å². The van der Waals surface area contributed by atoms with Crippen molar-refractivity contribution in [2.45, 2.75) is 26.4 Å². The topological polar surface area (TPSA) is 24.9 Å². The second-order valence-corrected chi connectivity index (χ2v) is 8.00. The van der Waals surface area contributed by atoms with Crippen LogP contribution in [0.3, 0.4) is 0 Å². The molecule has 0 atom stereocenters. The van der Waals surface area contributed by atoms with E-state index in [-0.39, 0.29) is 0 Å². The number of aryl methyl sites for hydroxylation is 2. The van der Waals surface area contributed by atoms with Crippen molar-refractivity contribution in [3.8, 4) is 11.5 Å². The maximum absolute atomic E-state index is 6.10. The van der Waals surface area contributed by atoms with Gasteiger partial charge in [0.1, 0.15) is 18.1 Å². The van der Waals surface area contributed by atoms with Crippen molar-refractivity contribution in [2.75, 3.05) is 46.9 Å². The Kier molecular flexibility index (Phi) is 7.60. The fourth-order valence-electron chi connectivity index (χ4n) is 3.55. The van der Waals surface area contributed by atoms with Gasteiger partial charge in [0.25, 0.3) is 0 Å². The van der Waals surface area contributed by atoms with Crippen LogP contribution in [0.5, 0.6) is 11.5 Å². The third-order valence-electron chi connectivity index (χ3n) is 5.40. The molecular formula is C23H31ClN2O2. The Morgan fingerprint density at radius 2 is 1.82 bits per heavy atom. The van der Waals surface area contributed by atoms with Crippen LogP contribution in [0.4, 0.5) is 0 Å². The molecule has 0 unspecified atom stereocenters. The lowest BCUT2D eigenvalue weighted by Crippen LogP contribution is -2.44. The lowest BCUT2D eigenvalue weighted by Gasteiger charge is -2.32. The first kappa shape index (κ1) is 21.0. The number of benzene rings is 2. The van der Waals surface area contributed by atoms with E-state index in [1.807, 2.05) is 25.1 Å². The van der Waals surface area contributed by atoms with Gasteiger partial charge in [0.15, 0.2) is 0 Å². The number of nitrogens with zero attached hydrogens (tertiary/aromatic N) is 2. The van der Waals surface area contributed by atoms with Crippen LogP contribution in [0.1, 0.15) is 23.1 Å². The summed E-state index contributed by atoms with van der Waals surface area (Å²) in [6.07, 6.45) is 2.25. The van der Waals surface area contributed by atoms with Crippen molar-refractivity contribution in [1.29, 1.82) is 0 Å². The van der Waals surface area contributed by atoms with E-state index < -0.39 is 0 Å². The quantitative estimate of drug-likeness (QED) is 0.652. The number of likely N-dealkylation sites (N-methyl/N-ethyl adjacent to an activating group) is 1. The highest BCUT2D eigenvalue weighted by Crippen LogP contribution is 2.25. The number of hydrogen-bond donors (Lipinski definition) is 0. The SMILES string of the molecule is COc1ccc(CCCN2CCN(C)CC2)cc1COc1ccc(Cl)c(C)c1. The number of hydrogen-bond acceptors (Lipinski definition) is 4. The Labute approximate surface area is 174 Å². The van der Waals surface area contributed by atoms with Crippen molar-refractivity contribution in [3.63, 3.8) is 0 Å². The van der Waals surface area contributed by atoms with Crippen LogP contribution >= 0.6 is 11.6 Å². The molecule has 0 N–H and O–H groups in total. The van der Waals surface area contributed by atoms with E-state index in [0.29, 0.717) is 6.61 Å². The summed E-state index contributed by atoms with van der Waals surface area (Å²) in [5.41, 5.74) is 3.43. The van der Waals surface area contributed by atoms with Crippen molar-refractivity contribution in [1.82, 2.24) is 9.80 Å². The summed E-state index contributed by atoms with van der Waals surface area (Å²) in [6, 6.07) is 12.2. The van der Waals surface area contributed by atoms with Crippen LogP contribution in [-0.2, 0) is 13.0 Å². The lowest BCUT2D eigenvalue weighted by atomic mass is 10.1. The second-order valence-electron chi connectivity index (χ2n) is 7.59. The minimum Gasteiger partial charge on any atom is -0.496 e. The first-order valence-electron chi connectivity index (χ1n) is 10.0. The van der Waals surface area contributed by atoms with Crippen LogP contribution in [0, 0.1) is 6.92 Å². The van der Waals surface area contributed by atoms with Crippen molar-refractivity contribution >= 4 is 11.6 Å². The van der Waals surface area contributed by atoms with Gasteiger partial charge < -0.3 is 19.3 Å². The number of methoxy groups -OCH3 is 1. The van der Waals surface area contributed by atoms with E-state index in [9.17, 15) is 0 Å². The van der Waals surface area contributed by atoms with E-state index in [4.69, 9.17) is 21.1 Å². The highest BCUT2D eigenvalue weighted by molar-refractivity contribution is 6.31. The van der Waals surface area contributed by atoms with Crippen LogP contribution in [0.25, 0.3) is 0 Å². The van der Waals surface area contributed by atoms with E-state index in [1.165, 1.54) is 38.2 Å². The minimum absolute atomic E-state index is 0.483. The minimum atomic E-state index is 0.483. The average molecular weight is 403 g/mol. The van der Waals surface area contributed by atoms with Crippen molar-refractivity contribution < 1.29 is 9.47 Å². The first-order chi connectivity index (χ1) is 13.5. The maximum Gasteiger partial charge on any atom is 0.125 e. The molecule has 0 spiro atoms. The Balaban J connectivity index is 1.55. The predicted octanol–water partition coefficient (Wildman–Crippen LogP) is 4.42. The van der Waals surface area contributed by atoms with E-state index in [0.717, 1.165) is 40.6 Å². The van der Waals surface area contributed by atoms with E-state index >= 15 is 0 Å². The van der Waals surface area contributed by atoms with Gasteiger partial charge in [0.05, 0.1) is 7.11 Å². The molecule has 28 heavy (non-hydrogen) atoms. The second kappa shape index (κ2) is 10.1. The molecule has 0 amide bonds. The van der Waals surface area contributed by atoms with Gasteiger partial charge in [-0.15, -0.1) is 0 Å². The van der Waals surface area contributed by atoms with Crippen LogP contribution in [0.2, 0.25) is 5.02 Å². The number of halogens is 1. The number of rotatable bonds is 8. The molecule has 1 fully saturated rings. The van der Waals surface area contributed by atoms with Crippen LogP contribution < -0.4 is 9.47 Å². The molecule has 0 saturated carbocycles. The molecule has 5 heteroatoms. The Bertz CT molecular complexity index is 773. The number of piperazine rings is 1.